The molecule has 0 aromatic rings. The van der Waals surface area contributed by atoms with Crippen LogP contribution >= 0.6 is 0 Å². The van der Waals surface area contributed by atoms with Gasteiger partial charge in [0.15, 0.2) is 6.61 Å². The van der Waals surface area contributed by atoms with E-state index in [-0.39, 0.29) is 0 Å². The van der Waals surface area contributed by atoms with Crippen molar-refractivity contribution >= 4 is 6.09 Å². The van der Waals surface area contributed by atoms with Crippen molar-refractivity contribution in [2.75, 3.05) is 20.2 Å². The van der Waals surface area contributed by atoms with Crippen LogP contribution in [-0.2, 0) is 4.74 Å². The lowest BCUT2D eigenvalue weighted by molar-refractivity contribution is -0.162. The van der Waals surface area contributed by atoms with Gasteiger partial charge in [0.25, 0.3) is 6.43 Å². The van der Waals surface area contributed by atoms with E-state index in [9.17, 15) is 26.7 Å². The van der Waals surface area contributed by atoms with E-state index < -0.39 is 31.8 Å². The van der Waals surface area contributed by atoms with Crippen LogP contribution in [0.25, 0.3) is 0 Å². The monoisotopic (exact) mass is 221 g/mol. The number of nitrogens with zero attached hydrogens (tertiary/aromatic N) is 1. The first kappa shape index (κ1) is 12.9. The fraction of sp³-hybridized carbons (Fsp3) is 0.833. The number of carbonyl (C=O) groups excluding carboxylic acids is 1. The average Bonchev–Trinajstić information content (AvgIpc) is 1.97. The van der Waals surface area contributed by atoms with Gasteiger partial charge in [-0.1, -0.05) is 0 Å². The highest BCUT2D eigenvalue weighted by molar-refractivity contribution is 5.67. The van der Waals surface area contributed by atoms with E-state index in [1.165, 1.54) is 0 Å². The van der Waals surface area contributed by atoms with Crippen molar-refractivity contribution in [2.45, 2.75) is 12.6 Å². The fourth-order valence-corrected chi connectivity index (χ4v) is 0.535. The van der Waals surface area contributed by atoms with E-state index in [4.69, 9.17) is 0 Å². The molecule has 0 aliphatic heterocycles. The molecule has 0 spiro atoms. The van der Waals surface area contributed by atoms with Gasteiger partial charge in [-0.05, 0) is 0 Å². The Morgan fingerprint density at radius 1 is 1.43 bits per heavy atom. The van der Waals surface area contributed by atoms with E-state index >= 15 is 0 Å². The smallest absolute Gasteiger partial charge is 0.422 e. The summed E-state index contributed by atoms with van der Waals surface area (Å²) >= 11 is 0. The molecule has 0 aliphatic carbocycles. The zero-order chi connectivity index (χ0) is 11.4. The third kappa shape index (κ3) is 6.44. The predicted molar refractivity (Wildman–Crippen MR) is 36.0 cm³/mol. The third-order valence-electron chi connectivity index (χ3n) is 1.08. The van der Waals surface area contributed by atoms with E-state index in [0.29, 0.717) is 4.90 Å². The Morgan fingerprint density at radius 3 is 2.29 bits per heavy atom. The van der Waals surface area contributed by atoms with Crippen molar-refractivity contribution in [3.05, 3.63) is 0 Å². The van der Waals surface area contributed by atoms with Crippen LogP contribution in [0.2, 0.25) is 0 Å². The average molecular weight is 221 g/mol. The number of alkyl halides is 5. The second-order valence-corrected chi connectivity index (χ2v) is 2.44. The first-order chi connectivity index (χ1) is 6.22. The number of rotatable bonds is 3. The van der Waals surface area contributed by atoms with Crippen LogP contribution in [0.3, 0.4) is 0 Å². The number of hydrogen-bond donors (Lipinski definition) is 0. The first-order valence-electron chi connectivity index (χ1n) is 3.45. The largest absolute Gasteiger partial charge is 0.440 e. The molecule has 0 atom stereocenters. The lowest BCUT2D eigenvalue weighted by atomic mass is 10.6. The molecular weight excluding hydrogens is 213 g/mol. The van der Waals surface area contributed by atoms with Gasteiger partial charge in [0, 0.05) is 7.05 Å². The Bertz CT molecular complexity index is 193. The Hall–Kier alpha value is -1.08. The Balaban J connectivity index is 3.85. The summed E-state index contributed by atoms with van der Waals surface area (Å²) in [5.74, 6) is 0. The lowest BCUT2D eigenvalue weighted by Gasteiger charge is -2.16. The van der Waals surface area contributed by atoms with Gasteiger partial charge in [-0.25, -0.2) is 13.6 Å². The molecule has 0 radical (unpaired) electrons. The van der Waals surface area contributed by atoms with E-state index in [1.807, 2.05) is 0 Å². The van der Waals surface area contributed by atoms with Crippen LogP contribution in [0.1, 0.15) is 0 Å². The van der Waals surface area contributed by atoms with Gasteiger partial charge < -0.3 is 9.64 Å². The highest BCUT2D eigenvalue weighted by Crippen LogP contribution is 2.15. The molecule has 0 rings (SSSR count). The summed E-state index contributed by atoms with van der Waals surface area (Å²) in [5.41, 5.74) is 0. The number of halogens is 5. The molecule has 0 aromatic heterocycles. The molecule has 0 fully saturated rings. The molecule has 14 heavy (non-hydrogen) atoms. The van der Waals surface area contributed by atoms with Gasteiger partial charge >= 0.3 is 12.3 Å². The summed E-state index contributed by atoms with van der Waals surface area (Å²) in [4.78, 5) is 11.0. The molecule has 84 valence electrons. The van der Waals surface area contributed by atoms with Crippen molar-refractivity contribution in [1.29, 1.82) is 0 Å². The van der Waals surface area contributed by atoms with Crippen LogP contribution in [0.5, 0.6) is 0 Å². The minimum atomic E-state index is -4.65. The van der Waals surface area contributed by atoms with Crippen LogP contribution in [0, 0.1) is 0 Å². The van der Waals surface area contributed by atoms with Crippen molar-refractivity contribution in [3.63, 3.8) is 0 Å². The fourth-order valence-electron chi connectivity index (χ4n) is 0.535. The molecule has 1 amide bonds. The standard InChI is InChI=1S/C6H8F5NO2/c1-12(2-4(7)8)5(13)14-3-6(9,10)11/h4H,2-3H2,1H3. The van der Waals surface area contributed by atoms with Gasteiger partial charge in [-0.2, -0.15) is 13.2 Å². The first-order valence-corrected chi connectivity index (χ1v) is 3.45. The maximum absolute atomic E-state index is 11.6. The number of amides is 1. The predicted octanol–water partition coefficient (Wildman–Crippen LogP) is 1.88. The Labute approximate surface area is 76.4 Å². The zero-order valence-electron chi connectivity index (χ0n) is 7.15. The molecule has 0 heterocycles. The normalized spacial score (nSPS) is 11.6. The highest BCUT2D eigenvalue weighted by Gasteiger charge is 2.30. The molecule has 0 bridgehead atoms. The second-order valence-electron chi connectivity index (χ2n) is 2.44. The maximum Gasteiger partial charge on any atom is 0.422 e. The summed E-state index contributed by atoms with van der Waals surface area (Å²) in [7, 11) is 0.921. The molecule has 0 saturated heterocycles. The van der Waals surface area contributed by atoms with Crippen LogP contribution in [-0.4, -0.2) is 43.8 Å². The van der Waals surface area contributed by atoms with Crippen LogP contribution in [0.4, 0.5) is 26.7 Å². The summed E-state index contributed by atoms with van der Waals surface area (Å²) in [6.45, 7) is -2.74. The van der Waals surface area contributed by atoms with Gasteiger partial charge in [-0.15, -0.1) is 0 Å². The minimum absolute atomic E-state index is 0.371. The second kappa shape index (κ2) is 4.97. The minimum Gasteiger partial charge on any atom is -0.440 e. The molecule has 8 heteroatoms. The van der Waals surface area contributed by atoms with E-state index in [1.54, 1.807) is 0 Å². The Morgan fingerprint density at radius 2 is 1.93 bits per heavy atom. The summed E-state index contributed by atoms with van der Waals surface area (Å²) in [6, 6.07) is 0. The Kier molecular flexibility index (Phi) is 4.58. The molecule has 0 aliphatic rings. The molecule has 0 saturated carbocycles. The number of carbonyl (C=O) groups is 1. The maximum atomic E-state index is 11.6. The molecule has 0 unspecified atom stereocenters. The quantitative estimate of drug-likeness (QED) is 0.681. The number of ether oxygens (including phenoxy) is 1. The van der Waals surface area contributed by atoms with E-state index in [2.05, 4.69) is 4.74 Å². The van der Waals surface area contributed by atoms with Crippen molar-refractivity contribution < 1.29 is 31.5 Å². The van der Waals surface area contributed by atoms with Crippen LogP contribution < -0.4 is 0 Å². The van der Waals surface area contributed by atoms with Crippen molar-refractivity contribution in [2.24, 2.45) is 0 Å². The zero-order valence-corrected chi connectivity index (χ0v) is 7.15. The lowest BCUT2D eigenvalue weighted by Crippen LogP contribution is -2.34. The van der Waals surface area contributed by atoms with Crippen molar-refractivity contribution in [1.82, 2.24) is 4.90 Å². The SMILES string of the molecule is CN(CC(F)F)C(=O)OCC(F)(F)F. The topological polar surface area (TPSA) is 29.5 Å². The van der Waals surface area contributed by atoms with Gasteiger partial charge in [0.1, 0.15) is 0 Å². The number of hydrogen-bond acceptors (Lipinski definition) is 2. The molecule has 3 nitrogen and oxygen atoms in total. The molecular formula is C6H8F5NO2. The summed E-state index contributed by atoms with van der Waals surface area (Å²) in [5, 5.41) is 0. The van der Waals surface area contributed by atoms with Gasteiger partial charge in [-0.3, -0.25) is 0 Å². The summed E-state index contributed by atoms with van der Waals surface area (Å²) < 4.78 is 61.5. The summed E-state index contributed by atoms with van der Waals surface area (Å²) in [6.07, 6.45) is -8.89. The molecule has 0 aromatic carbocycles. The van der Waals surface area contributed by atoms with Crippen LogP contribution in [0.15, 0.2) is 0 Å². The third-order valence-corrected chi connectivity index (χ3v) is 1.08. The van der Waals surface area contributed by atoms with Gasteiger partial charge in [0.2, 0.25) is 0 Å². The highest BCUT2D eigenvalue weighted by atomic mass is 19.4. The van der Waals surface area contributed by atoms with Gasteiger partial charge in [0.05, 0.1) is 6.54 Å². The van der Waals surface area contributed by atoms with Crippen molar-refractivity contribution in [3.8, 4) is 0 Å². The molecule has 0 N–H and O–H groups in total. The van der Waals surface area contributed by atoms with E-state index in [0.717, 1.165) is 7.05 Å².